The summed E-state index contributed by atoms with van der Waals surface area (Å²) in [5.41, 5.74) is 1.10. The Morgan fingerprint density at radius 1 is 1.13 bits per heavy atom. The molecule has 2 heterocycles. The van der Waals surface area contributed by atoms with Crippen LogP contribution in [0.1, 0.15) is 10.6 Å². The molecule has 0 bridgehead atoms. The molecular weight excluding hydrogens is 432 g/mol. The maximum Gasteiger partial charge on any atom is 0.371 e. The number of hydrogen-bond donors (Lipinski definition) is 1. The highest BCUT2D eigenvalue weighted by atomic mass is 35.5. The van der Waals surface area contributed by atoms with Crippen LogP contribution in [-0.2, 0) is 10.0 Å². The van der Waals surface area contributed by atoms with E-state index in [9.17, 15) is 13.2 Å². The quantitative estimate of drug-likeness (QED) is 0.636. The van der Waals surface area contributed by atoms with Gasteiger partial charge in [-0.25, -0.2) is 13.2 Å². The van der Waals surface area contributed by atoms with Gasteiger partial charge in [0.05, 0.1) is 22.7 Å². The van der Waals surface area contributed by atoms with E-state index in [1.165, 1.54) is 23.5 Å². The van der Waals surface area contributed by atoms with E-state index in [2.05, 4.69) is 0 Å². The lowest BCUT2D eigenvalue weighted by molar-refractivity contribution is 0.0665. The van der Waals surface area contributed by atoms with Gasteiger partial charge in [-0.1, -0.05) is 17.7 Å². The van der Waals surface area contributed by atoms with Crippen molar-refractivity contribution in [2.75, 3.05) is 38.2 Å². The van der Waals surface area contributed by atoms with Gasteiger partial charge in [-0.15, -0.1) is 0 Å². The van der Waals surface area contributed by atoms with Crippen LogP contribution in [0.25, 0.3) is 11.0 Å². The van der Waals surface area contributed by atoms with Gasteiger partial charge in [0, 0.05) is 43.7 Å². The zero-order valence-corrected chi connectivity index (χ0v) is 17.6. The topological polar surface area (TPSA) is 100 Å². The number of furan rings is 1. The van der Waals surface area contributed by atoms with Gasteiger partial charge in [-0.3, -0.25) is 0 Å². The van der Waals surface area contributed by atoms with Gasteiger partial charge in [0.25, 0.3) is 0 Å². The SMILES string of the molecule is COc1cccc(S(=O)(=O)N2CCN(c3ccc4oc(C(=O)O)cc4c3Cl)CC2)c1. The summed E-state index contributed by atoms with van der Waals surface area (Å²) in [6.45, 7) is 1.47. The molecule has 0 saturated carbocycles. The zero-order chi connectivity index (χ0) is 21.5. The molecule has 8 nitrogen and oxygen atoms in total. The van der Waals surface area contributed by atoms with Crippen molar-refractivity contribution in [2.24, 2.45) is 0 Å². The first-order chi connectivity index (χ1) is 14.3. The molecule has 0 aliphatic carbocycles. The summed E-state index contributed by atoms with van der Waals surface area (Å²) in [5.74, 6) is -0.867. The van der Waals surface area contributed by atoms with Crippen molar-refractivity contribution < 1.29 is 27.5 Å². The fourth-order valence-electron chi connectivity index (χ4n) is 3.50. The van der Waals surface area contributed by atoms with E-state index in [0.717, 1.165) is 0 Å². The van der Waals surface area contributed by atoms with Gasteiger partial charge in [-0.05, 0) is 24.3 Å². The third kappa shape index (κ3) is 3.60. The van der Waals surface area contributed by atoms with Crippen molar-refractivity contribution in [1.29, 1.82) is 0 Å². The molecule has 3 aromatic rings. The first-order valence-corrected chi connectivity index (χ1v) is 11.0. The number of benzene rings is 2. The van der Waals surface area contributed by atoms with E-state index in [0.29, 0.717) is 53.6 Å². The van der Waals surface area contributed by atoms with Crippen LogP contribution in [0.3, 0.4) is 0 Å². The number of sulfonamides is 1. The molecule has 1 fully saturated rings. The first kappa shape index (κ1) is 20.5. The summed E-state index contributed by atoms with van der Waals surface area (Å²) >= 11 is 6.51. The Labute approximate surface area is 178 Å². The third-order valence-electron chi connectivity index (χ3n) is 5.08. The number of aromatic carboxylic acids is 1. The molecule has 10 heteroatoms. The number of hydrogen-bond acceptors (Lipinski definition) is 6. The van der Waals surface area contributed by atoms with Gasteiger partial charge < -0.3 is 19.2 Å². The average Bonchev–Trinajstić information content (AvgIpc) is 3.20. The fourth-order valence-corrected chi connectivity index (χ4v) is 5.28. The van der Waals surface area contributed by atoms with E-state index in [4.69, 9.17) is 25.9 Å². The predicted octanol–water partition coefficient (Wildman–Crippen LogP) is 3.30. The van der Waals surface area contributed by atoms with Gasteiger partial charge >= 0.3 is 5.97 Å². The lowest BCUT2D eigenvalue weighted by atomic mass is 10.2. The third-order valence-corrected chi connectivity index (χ3v) is 7.38. The minimum absolute atomic E-state index is 0.182. The monoisotopic (exact) mass is 450 g/mol. The fraction of sp³-hybridized carbons (Fsp3) is 0.250. The number of carboxylic acid groups (broad SMARTS) is 1. The summed E-state index contributed by atoms with van der Waals surface area (Å²) in [5, 5.41) is 10.0. The van der Waals surface area contributed by atoms with Crippen molar-refractivity contribution >= 4 is 44.3 Å². The second-order valence-corrected chi connectivity index (χ2v) is 9.11. The predicted molar refractivity (Wildman–Crippen MR) is 112 cm³/mol. The lowest BCUT2D eigenvalue weighted by Crippen LogP contribution is -2.48. The molecule has 1 aliphatic heterocycles. The zero-order valence-electron chi connectivity index (χ0n) is 16.0. The summed E-state index contributed by atoms with van der Waals surface area (Å²) in [4.78, 5) is 13.3. The Hall–Kier alpha value is -2.75. The molecular formula is C20H19ClN2O6S. The van der Waals surface area contributed by atoms with Crippen LogP contribution < -0.4 is 9.64 Å². The second kappa shape index (κ2) is 7.82. The number of ether oxygens (including phenoxy) is 1. The molecule has 2 aromatic carbocycles. The number of methoxy groups -OCH3 is 1. The largest absolute Gasteiger partial charge is 0.497 e. The van der Waals surface area contributed by atoms with Crippen molar-refractivity contribution in [2.45, 2.75) is 4.90 Å². The Morgan fingerprint density at radius 2 is 1.87 bits per heavy atom. The second-order valence-electron chi connectivity index (χ2n) is 6.80. The van der Waals surface area contributed by atoms with Crippen LogP contribution in [-0.4, -0.2) is 57.1 Å². The van der Waals surface area contributed by atoms with Crippen molar-refractivity contribution in [3.8, 4) is 5.75 Å². The highest BCUT2D eigenvalue weighted by Gasteiger charge is 2.30. The number of piperazine rings is 1. The van der Waals surface area contributed by atoms with Crippen LogP contribution in [0, 0.1) is 0 Å². The van der Waals surface area contributed by atoms with Crippen LogP contribution in [0.5, 0.6) is 5.75 Å². The van der Waals surface area contributed by atoms with E-state index in [1.807, 2.05) is 4.90 Å². The van der Waals surface area contributed by atoms with Crippen molar-refractivity contribution in [1.82, 2.24) is 4.31 Å². The van der Waals surface area contributed by atoms with E-state index < -0.39 is 16.0 Å². The molecule has 0 atom stereocenters. The Kier molecular flexibility index (Phi) is 5.35. The van der Waals surface area contributed by atoms with E-state index in [1.54, 1.807) is 30.3 Å². The highest BCUT2D eigenvalue weighted by Crippen LogP contribution is 2.36. The first-order valence-electron chi connectivity index (χ1n) is 9.16. The molecule has 1 N–H and O–H groups in total. The minimum Gasteiger partial charge on any atom is -0.497 e. The van der Waals surface area contributed by atoms with Gasteiger partial charge in [0.1, 0.15) is 11.3 Å². The molecule has 0 radical (unpaired) electrons. The molecule has 4 rings (SSSR count). The highest BCUT2D eigenvalue weighted by molar-refractivity contribution is 7.89. The van der Waals surface area contributed by atoms with Crippen LogP contribution in [0.15, 0.2) is 51.8 Å². The molecule has 0 unspecified atom stereocenters. The molecule has 0 amide bonds. The molecule has 1 aliphatic rings. The van der Waals surface area contributed by atoms with Crippen molar-refractivity contribution in [3.05, 3.63) is 53.2 Å². The lowest BCUT2D eigenvalue weighted by Gasteiger charge is -2.35. The normalized spacial score (nSPS) is 15.5. The summed E-state index contributed by atoms with van der Waals surface area (Å²) in [6, 6.07) is 11.2. The molecule has 30 heavy (non-hydrogen) atoms. The average molecular weight is 451 g/mol. The number of halogens is 1. The number of carbonyl (C=O) groups is 1. The summed E-state index contributed by atoms with van der Waals surface area (Å²) < 4.78 is 37.8. The molecule has 0 spiro atoms. The number of carboxylic acids is 1. The summed E-state index contributed by atoms with van der Waals surface area (Å²) in [7, 11) is -2.15. The maximum absolute atomic E-state index is 13.0. The standard InChI is InChI=1S/C20H19ClN2O6S/c1-28-13-3-2-4-14(11-13)30(26,27)23-9-7-22(8-10-23)16-5-6-17-15(19(16)21)12-18(29-17)20(24)25/h2-6,11-12H,7-10H2,1H3,(H,24,25). The Balaban J connectivity index is 1.54. The molecule has 1 aromatic heterocycles. The Morgan fingerprint density at radius 3 is 2.53 bits per heavy atom. The number of anilines is 1. The van der Waals surface area contributed by atoms with Gasteiger partial charge in [0.2, 0.25) is 15.8 Å². The van der Waals surface area contributed by atoms with Crippen LogP contribution in [0.2, 0.25) is 5.02 Å². The van der Waals surface area contributed by atoms with Gasteiger partial charge in [-0.2, -0.15) is 4.31 Å². The molecule has 158 valence electrons. The number of rotatable bonds is 5. The Bertz CT molecular complexity index is 1220. The number of fused-ring (bicyclic) bond motifs is 1. The summed E-state index contributed by atoms with van der Waals surface area (Å²) in [6.07, 6.45) is 0. The van der Waals surface area contributed by atoms with Crippen LogP contribution in [0.4, 0.5) is 5.69 Å². The number of nitrogens with zero attached hydrogens (tertiary/aromatic N) is 2. The van der Waals surface area contributed by atoms with E-state index in [-0.39, 0.29) is 10.7 Å². The van der Waals surface area contributed by atoms with E-state index >= 15 is 0 Å². The smallest absolute Gasteiger partial charge is 0.371 e. The van der Waals surface area contributed by atoms with Gasteiger partial charge in [0.15, 0.2) is 0 Å². The molecule has 1 saturated heterocycles. The minimum atomic E-state index is -3.64. The van der Waals surface area contributed by atoms with Crippen molar-refractivity contribution in [3.63, 3.8) is 0 Å². The van der Waals surface area contributed by atoms with Crippen LogP contribution >= 0.6 is 11.6 Å². The maximum atomic E-state index is 13.0.